The van der Waals surface area contributed by atoms with Crippen LogP contribution in [-0.4, -0.2) is 25.4 Å². The average Bonchev–Trinajstić information content (AvgIpc) is 2.64. The van der Waals surface area contributed by atoms with Crippen molar-refractivity contribution in [2.75, 3.05) is 13.7 Å². The van der Waals surface area contributed by atoms with E-state index in [9.17, 15) is 9.59 Å². The lowest BCUT2D eigenvalue weighted by Crippen LogP contribution is -2.35. The lowest BCUT2D eigenvalue weighted by atomic mass is 9.96. The fourth-order valence-electron chi connectivity index (χ4n) is 2.66. The number of hydrogen-bond acceptors (Lipinski definition) is 4. The van der Waals surface area contributed by atoms with Crippen molar-refractivity contribution in [1.29, 1.82) is 0 Å². The van der Waals surface area contributed by atoms with Gasteiger partial charge >= 0.3 is 0 Å². The third-order valence-corrected chi connectivity index (χ3v) is 4.07. The second-order valence-corrected chi connectivity index (χ2v) is 6.41. The molecule has 1 amide bonds. The number of nitrogens with one attached hydrogen (secondary N) is 1. The van der Waals surface area contributed by atoms with Gasteiger partial charge < -0.3 is 14.8 Å². The predicted octanol–water partition coefficient (Wildman–Crippen LogP) is 3.79. The molecule has 0 fully saturated rings. The summed E-state index contributed by atoms with van der Waals surface area (Å²) in [6, 6.07) is 14.7. The first-order chi connectivity index (χ1) is 12.4. The highest BCUT2D eigenvalue weighted by atomic mass is 16.5. The Kier molecular flexibility index (Phi) is 6.78. The summed E-state index contributed by atoms with van der Waals surface area (Å²) in [7, 11) is 1.50. The standard InChI is InChI=1S/C21H25NO4/c1-14(2)21(16-8-6-5-7-9-16)22-20(24)13-26-18-11-10-17(15(3)23)12-19(18)25-4/h5-12,14,21H,13H2,1-4H3,(H,22,24)/t21-/m0/s1. The Morgan fingerprint density at radius 1 is 1.04 bits per heavy atom. The second-order valence-electron chi connectivity index (χ2n) is 6.41. The van der Waals surface area contributed by atoms with E-state index in [2.05, 4.69) is 19.2 Å². The number of carbonyl (C=O) groups excluding carboxylic acids is 2. The zero-order chi connectivity index (χ0) is 19.1. The monoisotopic (exact) mass is 355 g/mol. The number of ether oxygens (including phenoxy) is 2. The fourth-order valence-corrected chi connectivity index (χ4v) is 2.66. The molecular weight excluding hydrogens is 330 g/mol. The van der Waals surface area contributed by atoms with E-state index in [1.54, 1.807) is 18.2 Å². The smallest absolute Gasteiger partial charge is 0.258 e. The van der Waals surface area contributed by atoms with E-state index in [1.165, 1.54) is 14.0 Å². The molecule has 138 valence electrons. The number of ketones is 1. The van der Waals surface area contributed by atoms with E-state index >= 15 is 0 Å². The number of Topliss-reactive ketones (excluding diaryl/α,β-unsaturated/α-hetero) is 1. The van der Waals surface area contributed by atoms with Crippen LogP contribution in [0.4, 0.5) is 0 Å². The molecule has 0 saturated carbocycles. The quantitative estimate of drug-likeness (QED) is 0.732. The van der Waals surface area contributed by atoms with Gasteiger partial charge in [-0.2, -0.15) is 0 Å². The van der Waals surface area contributed by atoms with Gasteiger partial charge in [0.1, 0.15) is 0 Å². The van der Waals surface area contributed by atoms with Crippen molar-refractivity contribution in [2.45, 2.75) is 26.8 Å². The lowest BCUT2D eigenvalue weighted by molar-refractivity contribution is -0.124. The Hall–Kier alpha value is -2.82. The molecule has 2 aromatic carbocycles. The summed E-state index contributed by atoms with van der Waals surface area (Å²) in [5, 5.41) is 3.01. The molecule has 0 heterocycles. The molecule has 0 radical (unpaired) electrons. The van der Waals surface area contributed by atoms with E-state index in [0.717, 1.165) is 5.56 Å². The minimum atomic E-state index is -0.217. The summed E-state index contributed by atoms with van der Waals surface area (Å²) >= 11 is 0. The number of amides is 1. The number of methoxy groups -OCH3 is 1. The molecule has 0 saturated heterocycles. The summed E-state index contributed by atoms with van der Waals surface area (Å²) < 4.78 is 10.8. The first-order valence-corrected chi connectivity index (χ1v) is 8.58. The van der Waals surface area contributed by atoms with Gasteiger partial charge in [-0.3, -0.25) is 9.59 Å². The topological polar surface area (TPSA) is 64.6 Å². The highest BCUT2D eigenvalue weighted by Crippen LogP contribution is 2.28. The molecule has 2 rings (SSSR count). The van der Waals surface area contributed by atoms with Gasteiger partial charge in [-0.1, -0.05) is 44.2 Å². The first kappa shape index (κ1) is 19.5. The molecular formula is C21H25NO4. The van der Waals surface area contributed by atoms with Gasteiger partial charge in [0, 0.05) is 5.56 Å². The molecule has 2 aromatic rings. The molecule has 0 aliphatic carbocycles. The molecule has 1 N–H and O–H groups in total. The van der Waals surface area contributed by atoms with Crippen molar-refractivity contribution in [3.05, 3.63) is 59.7 Å². The summed E-state index contributed by atoms with van der Waals surface area (Å²) in [5.41, 5.74) is 1.59. The van der Waals surface area contributed by atoms with Gasteiger partial charge in [0.25, 0.3) is 5.91 Å². The van der Waals surface area contributed by atoms with Crippen molar-refractivity contribution < 1.29 is 19.1 Å². The third kappa shape index (κ3) is 5.09. The van der Waals surface area contributed by atoms with Crippen molar-refractivity contribution in [2.24, 2.45) is 5.92 Å². The van der Waals surface area contributed by atoms with E-state index in [-0.39, 0.29) is 30.3 Å². The normalized spacial score (nSPS) is 11.7. The number of benzene rings is 2. The maximum absolute atomic E-state index is 12.3. The summed E-state index contributed by atoms with van der Waals surface area (Å²) in [4.78, 5) is 23.8. The van der Waals surface area contributed by atoms with Crippen LogP contribution in [0.5, 0.6) is 11.5 Å². The Labute approximate surface area is 154 Å². The molecule has 5 heteroatoms. The fraction of sp³-hybridized carbons (Fsp3) is 0.333. The second kappa shape index (κ2) is 9.04. The number of carbonyl (C=O) groups is 2. The summed E-state index contributed by atoms with van der Waals surface area (Å²) in [5.74, 6) is 0.814. The summed E-state index contributed by atoms with van der Waals surface area (Å²) in [6.07, 6.45) is 0. The van der Waals surface area contributed by atoms with E-state index in [1.807, 2.05) is 30.3 Å². The van der Waals surface area contributed by atoms with Crippen molar-refractivity contribution in [3.8, 4) is 11.5 Å². The molecule has 0 unspecified atom stereocenters. The molecule has 0 aliphatic heterocycles. The van der Waals surface area contributed by atoms with Crippen LogP contribution in [0.2, 0.25) is 0 Å². The van der Waals surface area contributed by atoms with Crippen LogP contribution in [0.3, 0.4) is 0 Å². The molecule has 5 nitrogen and oxygen atoms in total. The Morgan fingerprint density at radius 2 is 1.73 bits per heavy atom. The molecule has 0 bridgehead atoms. The van der Waals surface area contributed by atoms with Crippen LogP contribution in [0, 0.1) is 5.92 Å². The zero-order valence-electron chi connectivity index (χ0n) is 15.6. The largest absolute Gasteiger partial charge is 0.493 e. The van der Waals surface area contributed by atoms with Crippen LogP contribution < -0.4 is 14.8 Å². The Bertz CT molecular complexity index is 756. The van der Waals surface area contributed by atoms with Gasteiger partial charge in [-0.05, 0) is 36.6 Å². The van der Waals surface area contributed by atoms with Crippen LogP contribution in [0.15, 0.2) is 48.5 Å². The highest BCUT2D eigenvalue weighted by molar-refractivity contribution is 5.94. The maximum Gasteiger partial charge on any atom is 0.258 e. The van der Waals surface area contributed by atoms with Crippen molar-refractivity contribution in [3.63, 3.8) is 0 Å². The number of hydrogen-bond donors (Lipinski definition) is 1. The predicted molar refractivity (Wildman–Crippen MR) is 101 cm³/mol. The van der Waals surface area contributed by atoms with Crippen LogP contribution in [0.25, 0.3) is 0 Å². The van der Waals surface area contributed by atoms with Gasteiger partial charge in [0.05, 0.1) is 13.2 Å². The van der Waals surface area contributed by atoms with E-state index < -0.39 is 0 Å². The average molecular weight is 355 g/mol. The van der Waals surface area contributed by atoms with Gasteiger partial charge in [-0.15, -0.1) is 0 Å². The molecule has 1 atom stereocenters. The zero-order valence-corrected chi connectivity index (χ0v) is 15.6. The van der Waals surface area contributed by atoms with Gasteiger partial charge in [-0.25, -0.2) is 0 Å². The highest BCUT2D eigenvalue weighted by Gasteiger charge is 2.19. The lowest BCUT2D eigenvalue weighted by Gasteiger charge is -2.23. The molecule has 0 spiro atoms. The first-order valence-electron chi connectivity index (χ1n) is 8.58. The third-order valence-electron chi connectivity index (χ3n) is 4.07. The van der Waals surface area contributed by atoms with Gasteiger partial charge in [0.2, 0.25) is 0 Å². The minimum absolute atomic E-state index is 0.0600. The Morgan fingerprint density at radius 3 is 2.31 bits per heavy atom. The minimum Gasteiger partial charge on any atom is -0.493 e. The van der Waals surface area contributed by atoms with Crippen LogP contribution in [0.1, 0.15) is 42.7 Å². The van der Waals surface area contributed by atoms with Crippen LogP contribution in [-0.2, 0) is 4.79 Å². The SMILES string of the molecule is COc1cc(C(C)=O)ccc1OCC(=O)N[C@H](c1ccccc1)C(C)C. The molecule has 0 aliphatic rings. The van der Waals surface area contributed by atoms with E-state index in [4.69, 9.17) is 9.47 Å². The summed E-state index contributed by atoms with van der Waals surface area (Å²) in [6.45, 7) is 5.47. The van der Waals surface area contributed by atoms with Crippen molar-refractivity contribution in [1.82, 2.24) is 5.32 Å². The van der Waals surface area contributed by atoms with E-state index in [0.29, 0.717) is 17.1 Å². The van der Waals surface area contributed by atoms with Crippen LogP contribution >= 0.6 is 0 Å². The number of rotatable bonds is 8. The molecule has 26 heavy (non-hydrogen) atoms. The van der Waals surface area contributed by atoms with Gasteiger partial charge in [0.15, 0.2) is 23.9 Å². The molecule has 0 aromatic heterocycles. The Balaban J connectivity index is 2.03. The maximum atomic E-state index is 12.3. The van der Waals surface area contributed by atoms with Crippen molar-refractivity contribution >= 4 is 11.7 Å².